The number of carbonyl (C=O) groups is 2. The van der Waals surface area contributed by atoms with Gasteiger partial charge in [-0.2, -0.15) is 0 Å². The first kappa shape index (κ1) is 12.4. The molecule has 1 aliphatic rings. The first-order chi connectivity index (χ1) is 8.60. The van der Waals surface area contributed by atoms with Gasteiger partial charge >= 0.3 is 12.0 Å². The molecule has 0 heterocycles. The van der Waals surface area contributed by atoms with Gasteiger partial charge in [-0.3, -0.25) is 4.79 Å². The summed E-state index contributed by atoms with van der Waals surface area (Å²) in [5.74, 6) is -0.880. The van der Waals surface area contributed by atoms with Crippen LogP contribution in [0.2, 0.25) is 0 Å². The molecule has 0 aromatic heterocycles. The van der Waals surface area contributed by atoms with E-state index < -0.39 is 11.5 Å². The van der Waals surface area contributed by atoms with Crippen molar-refractivity contribution in [3.05, 3.63) is 30.3 Å². The van der Waals surface area contributed by atoms with Crippen molar-refractivity contribution in [2.45, 2.75) is 31.2 Å². The summed E-state index contributed by atoms with van der Waals surface area (Å²) in [6.45, 7) is 0. The lowest BCUT2D eigenvalue weighted by Crippen LogP contribution is -2.55. The second-order valence-corrected chi connectivity index (χ2v) is 4.65. The zero-order valence-corrected chi connectivity index (χ0v) is 9.98. The van der Waals surface area contributed by atoms with Crippen molar-refractivity contribution >= 4 is 17.7 Å². The summed E-state index contributed by atoms with van der Waals surface area (Å²) in [6.07, 6.45) is 2.39. The molecule has 18 heavy (non-hydrogen) atoms. The summed E-state index contributed by atoms with van der Waals surface area (Å²) < 4.78 is 0. The molecule has 5 nitrogen and oxygen atoms in total. The van der Waals surface area contributed by atoms with Crippen LogP contribution < -0.4 is 10.6 Å². The van der Waals surface area contributed by atoms with Crippen LogP contribution in [0.1, 0.15) is 25.7 Å². The maximum Gasteiger partial charge on any atom is 0.319 e. The van der Waals surface area contributed by atoms with Gasteiger partial charge in [-0.15, -0.1) is 0 Å². The van der Waals surface area contributed by atoms with E-state index in [2.05, 4.69) is 10.6 Å². The van der Waals surface area contributed by atoms with Gasteiger partial charge in [0.05, 0.1) is 12.0 Å². The van der Waals surface area contributed by atoms with E-state index in [0.29, 0.717) is 5.69 Å². The molecule has 1 saturated carbocycles. The van der Waals surface area contributed by atoms with Crippen molar-refractivity contribution in [2.75, 3.05) is 5.32 Å². The molecule has 0 bridgehead atoms. The summed E-state index contributed by atoms with van der Waals surface area (Å²) in [6, 6.07) is 8.73. The normalized spacial score (nSPS) is 16.4. The Hall–Kier alpha value is -2.04. The standard InChI is InChI=1S/C13H16N2O3/c16-11(17)9-13(7-4-8-13)15-12(18)14-10-5-2-1-3-6-10/h1-3,5-6H,4,7-9H2,(H,16,17)(H2,14,15,18). The fourth-order valence-electron chi connectivity index (χ4n) is 2.16. The van der Waals surface area contributed by atoms with Crippen LogP contribution in [0.4, 0.5) is 10.5 Å². The summed E-state index contributed by atoms with van der Waals surface area (Å²) >= 11 is 0. The molecule has 0 unspecified atom stereocenters. The van der Waals surface area contributed by atoms with Crippen molar-refractivity contribution in [1.82, 2.24) is 5.32 Å². The van der Waals surface area contributed by atoms with Crippen molar-refractivity contribution in [1.29, 1.82) is 0 Å². The first-order valence-electron chi connectivity index (χ1n) is 5.96. The van der Waals surface area contributed by atoms with Gasteiger partial charge in [-0.1, -0.05) is 18.2 Å². The Bertz CT molecular complexity index is 441. The Morgan fingerprint density at radius 3 is 2.39 bits per heavy atom. The van der Waals surface area contributed by atoms with Gasteiger partial charge in [0.15, 0.2) is 0 Å². The van der Waals surface area contributed by atoms with Crippen molar-refractivity contribution in [3.8, 4) is 0 Å². The van der Waals surface area contributed by atoms with Crippen LogP contribution in [0.25, 0.3) is 0 Å². The quantitative estimate of drug-likeness (QED) is 0.764. The van der Waals surface area contributed by atoms with Crippen LogP contribution in [0, 0.1) is 0 Å². The van der Waals surface area contributed by atoms with E-state index in [9.17, 15) is 9.59 Å². The van der Waals surface area contributed by atoms with E-state index in [1.54, 1.807) is 12.1 Å². The average molecular weight is 248 g/mol. The third kappa shape index (κ3) is 3.00. The number of nitrogens with one attached hydrogen (secondary N) is 2. The van der Waals surface area contributed by atoms with E-state index in [4.69, 9.17) is 5.11 Å². The Morgan fingerprint density at radius 1 is 1.22 bits per heavy atom. The largest absolute Gasteiger partial charge is 0.481 e. The van der Waals surface area contributed by atoms with Gasteiger partial charge < -0.3 is 15.7 Å². The van der Waals surface area contributed by atoms with Gasteiger partial charge in [0, 0.05) is 5.69 Å². The van der Waals surface area contributed by atoms with Crippen LogP contribution in [-0.2, 0) is 4.79 Å². The second kappa shape index (κ2) is 5.08. The highest BCUT2D eigenvalue weighted by Crippen LogP contribution is 2.34. The van der Waals surface area contributed by atoms with Crippen LogP contribution in [-0.4, -0.2) is 22.6 Å². The molecule has 96 valence electrons. The van der Waals surface area contributed by atoms with Gasteiger partial charge in [-0.05, 0) is 31.4 Å². The smallest absolute Gasteiger partial charge is 0.319 e. The zero-order valence-electron chi connectivity index (χ0n) is 9.98. The second-order valence-electron chi connectivity index (χ2n) is 4.65. The minimum absolute atomic E-state index is 0.0186. The predicted molar refractivity (Wildman–Crippen MR) is 67.4 cm³/mol. The van der Waals surface area contributed by atoms with Crippen molar-refractivity contribution < 1.29 is 14.7 Å². The third-order valence-corrected chi connectivity index (χ3v) is 3.21. The fourth-order valence-corrected chi connectivity index (χ4v) is 2.16. The first-order valence-corrected chi connectivity index (χ1v) is 5.96. The molecule has 3 N–H and O–H groups in total. The molecule has 0 spiro atoms. The highest BCUT2D eigenvalue weighted by atomic mass is 16.4. The van der Waals surface area contributed by atoms with Crippen LogP contribution in [0.15, 0.2) is 30.3 Å². The SMILES string of the molecule is O=C(O)CC1(NC(=O)Nc2ccccc2)CCC1. The van der Waals surface area contributed by atoms with Gasteiger partial charge in [-0.25, -0.2) is 4.79 Å². The monoisotopic (exact) mass is 248 g/mol. The number of amides is 2. The fraction of sp³-hybridized carbons (Fsp3) is 0.385. The molecule has 0 aliphatic heterocycles. The van der Waals surface area contributed by atoms with E-state index in [0.717, 1.165) is 19.3 Å². The maximum absolute atomic E-state index is 11.8. The lowest BCUT2D eigenvalue weighted by atomic mass is 9.74. The number of benzene rings is 1. The molecule has 2 amide bonds. The van der Waals surface area contributed by atoms with E-state index >= 15 is 0 Å². The van der Waals surface area contributed by atoms with Gasteiger partial charge in [0.2, 0.25) is 0 Å². The molecule has 1 aromatic carbocycles. The van der Waals surface area contributed by atoms with Crippen molar-refractivity contribution in [2.24, 2.45) is 0 Å². The van der Waals surface area contributed by atoms with E-state index in [1.165, 1.54) is 0 Å². The molecule has 5 heteroatoms. The van der Waals surface area contributed by atoms with Crippen molar-refractivity contribution in [3.63, 3.8) is 0 Å². The number of rotatable bonds is 4. The van der Waals surface area contributed by atoms with Gasteiger partial charge in [0.1, 0.15) is 0 Å². The molecular weight excluding hydrogens is 232 g/mol. The minimum Gasteiger partial charge on any atom is -0.481 e. The summed E-state index contributed by atoms with van der Waals surface area (Å²) in [7, 11) is 0. The molecule has 0 saturated heterocycles. The van der Waals surface area contributed by atoms with E-state index in [1.807, 2.05) is 18.2 Å². The number of anilines is 1. The van der Waals surface area contributed by atoms with Crippen LogP contribution in [0.3, 0.4) is 0 Å². The van der Waals surface area contributed by atoms with Gasteiger partial charge in [0.25, 0.3) is 0 Å². The highest BCUT2D eigenvalue weighted by molar-refractivity contribution is 5.90. The number of urea groups is 1. The Balaban J connectivity index is 1.92. The Labute approximate surface area is 105 Å². The molecule has 1 aromatic rings. The van der Waals surface area contributed by atoms with E-state index in [-0.39, 0.29) is 12.5 Å². The average Bonchev–Trinajstić information content (AvgIpc) is 2.26. The molecule has 0 radical (unpaired) electrons. The zero-order chi connectivity index (χ0) is 13.0. The Kier molecular flexibility index (Phi) is 3.50. The summed E-state index contributed by atoms with van der Waals surface area (Å²) in [5.41, 5.74) is 0.129. The maximum atomic E-state index is 11.8. The minimum atomic E-state index is -0.880. The molecular formula is C13H16N2O3. The summed E-state index contributed by atoms with van der Waals surface area (Å²) in [5, 5.41) is 14.3. The third-order valence-electron chi connectivity index (χ3n) is 3.21. The number of hydrogen-bond acceptors (Lipinski definition) is 2. The van der Waals surface area contributed by atoms with Crippen LogP contribution in [0.5, 0.6) is 0 Å². The number of carbonyl (C=O) groups excluding carboxylic acids is 1. The number of carboxylic acids is 1. The van der Waals surface area contributed by atoms with Crippen LogP contribution >= 0.6 is 0 Å². The molecule has 1 aliphatic carbocycles. The number of hydrogen-bond donors (Lipinski definition) is 3. The lowest BCUT2D eigenvalue weighted by Gasteiger charge is -2.41. The predicted octanol–water partition coefficient (Wildman–Crippen LogP) is 2.21. The number of para-hydroxylation sites is 1. The summed E-state index contributed by atoms with van der Waals surface area (Å²) in [4.78, 5) is 22.6. The highest BCUT2D eigenvalue weighted by Gasteiger charge is 2.40. The molecule has 2 rings (SSSR count). The Morgan fingerprint density at radius 2 is 1.89 bits per heavy atom. The molecule has 0 atom stereocenters. The number of carboxylic acid groups (broad SMARTS) is 1. The topological polar surface area (TPSA) is 78.4 Å². The number of aliphatic carboxylic acids is 1. The lowest BCUT2D eigenvalue weighted by molar-refractivity contribution is -0.139. The molecule has 1 fully saturated rings.